The van der Waals surface area contributed by atoms with E-state index in [2.05, 4.69) is 31.2 Å². The molecule has 0 aliphatic heterocycles. The van der Waals surface area contributed by atoms with Gasteiger partial charge < -0.3 is 10.1 Å². The van der Waals surface area contributed by atoms with Crippen molar-refractivity contribution in [1.82, 2.24) is 15.3 Å². The second-order valence-electron chi connectivity index (χ2n) is 4.51. The molecule has 0 saturated heterocycles. The molecule has 1 aromatic carbocycles. The number of hydrogen-bond donors (Lipinski definition) is 1. The Hall–Kier alpha value is -1.69. The number of carbonyl (C=O) groups is 1. The molecular formula is C14H16BrN3O2. The summed E-state index contributed by atoms with van der Waals surface area (Å²) in [5.41, 5.74) is 0.778. The Kier molecular flexibility index (Phi) is 4.89. The SMILES string of the molecule is CC[C@@H](C)NC(=O)COc1ncnc2ccc(Br)cc12. The van der Waals surface area contributed by atoms with Crippen molar-refractivity contribution in [3.8, 4) is 5.88 Å². The van der Waals surface area contributed by atoms with E-state index in [1.54, 1.807) is 0 Å². The van der Waals surface area contributed by atoms with E-state index in [1.807, 2.05) is 32.0 Å². The Bertz CT molecular complexity index is 618. The van der Waals surface area contributed by atoms with E-state index in [9.17, 15) is 4.79 Å². The zero-order chi connectivity index (χ0) is 14.5. The van der Waals surface area contributed by atoms with Crippen molar-refractivity contribution in [1.29, 1.82) is 0 Å². The maximum Gasteiger partial charge on any atom is 0.258 e. The summed E-state index contributed by atoms with van der Waals surface area (Å²) in [4.78, 5) is 19.9. The third kappa shape index (κ3) is 3.66. The summed E-state index contributed by atoms with van der Waals surface area (Å²) in [6.45, 7) is 3.92. The first kappa shape index (κ1) is 14.7. The van der Waals surface area contributed by atoms with Gasteiger partial charge in [0.25, 0.3) is 5.91 Å². The Morgan fingerprint density at radius 3 is 3.00 bits per heavy atom. The van der Waals surface area contributed by atoms with E-state index < -0.39 is 0 Å². The second kappa shape index (κ2) is 6.65. The van der Waals surface area contributed by atoms with E-state index in [0.29, 0.717) is 5.88 Å². The number of benzene rings is 1. The molecule has 1 amide bonds. The first-order valence-corrected chi connectivity index (χ1v) is 7.22. The van der Waals surface area contributed by atoms with Crippen molar-refractivity contribution in [2.24, 2.45) is 0 Å². The third-order valence-corrected chi connectivity index (χ3v) is 3.41. The minimum absolute atomic E-state index is 0.0526. The van der Waals surface area contributed by atoms with Gasteiger partial charge in [0.05, 0.1) is 10.9 Å². The van der Waals surface area contributed by atoms with Crippen LogP contribution < -0.4 is 10.1 Å². The molecule has 1 heterocycles. The molecular weight excluding hydrogens is 322 g/mol. The third-order valence-electron chi connectivity index (χ3n) is 2.92. The van der Waals surface area contributed by atoms with Gasteiger partial charge in [-0.3, -0.25) is 4.79 Å². The van der Waals surface area contributed by atoms with Crippen molar-refractivity contribution in [2.45, 2.75) is 26.3 Å². The molecule has 0 fully saturated rings. The fraction of sp³-hybridized carbons (Fsp3) is 0.357. The number of ether oxygens (including phenoxy) is 1. The van der Waals surface area contributed by atoms with Gasteiger partial charge >= 0.3 is 0 Å². The van der Waals surface area contributed by atoms with E-state index in [1.165, 1.54) is 6.33 Å². The minimum Gasteiger partial charge on any atom is -0.467 e. The molecule has 0 aliphatic rings. The van der Waals surface area contributed by atoms with Gasteiger partial charge in [0.1, 0.15) is 6.33 Å². The zero-order valence-corrected chi connectivity index (χ0v) is 13.0. The van der Waals surface area contributed by atoms with Crippen LogP contribution in [0.2, 0.25) is 0 Å². The smallest absolute Gasteiger partial charge is 0.258 e. The highest BCUT2D eigenvalue weighted by Crippen LogP contribution is 2.24. The molecule has 1 N–H and O–H groups in total. The Labute approximate surface area is 125 Å². The number of carbonyl (C=O) groups excluding carboxylic acids is 1. The molecule has 0 saturated carbocycles. The Balaban J connectivity index is 2.10. The summed E-state index contributed by atoms with van der Waals surface area (Å²) in [6, 6.07) is 5.78. The molecule has 106 valence electrons. The van der Waals surface area contributed by atoms with Crippen LogP contribution in [-0.2, 0) is 4.79 Å². The van der Waals surface area contributed by atoms with Gasteiger partial charge in [0, 0.05) is 10.5 Å². The molecule has 0 unspecified atom stereocenters. The average molecular weight is 338 g/mol. The van der Waals surface area contributed by atoms with E-state index >= 15 is 0 Å². The highest BCUT2D eigenvalue weighted by Gasteiger charge is 2.09. The summed E-state index contributed by atoms with van der Waals surface area (Å²) in [5.74, 6) is 0.261. The zero-order valence-electron chi connectivity index (χ0n) is 11.4. The lowest BCUT2D eigenvalue weighted by Gasteiger charge is -2.12. The normalized spacial score (nSPS) is 12.2. The highest BCUT2D eigenvalue weighted by atomic mass is 79.9. The van der Waals surface area contributed by atoms with E-state index in [-0.39, 0.29) is 18.6 Å². The number of fused-ring (bicyclic) bond motifs is 1. The van der Waals surface area contributed by atoms with Gasteiger partial charge in [0.2, 0.25) is 5.88 Å². The quantitative estimate of drug-likeness (QED) is 0.910. The lowest BCUT2D eigenvalue weighted by Crippen LogP contribution is -2.35. The maximum atomic E-state index is 11.7. The number of nitrogens with one attached hydrogen (secondary N) is 1. The summed E-state index contributed by atoms with van der Waals surface area (Å²) in [6.07, 6.45) is 2.31. The summed E-state index contributed by atoms with van der Waals surface area (Å²) < 4.78 is 6.41. The fourth-order valence-electron chi connectivity index (χ4n) is 1.67. The van der Waals surface area contributed by atoms with Crippen molar-refractivity contribution in [2.75, 3.05) is 6.61 Å². The Morgan fingerprint density at radius 1 is 1.45 bits per heavy atom. The Morgan fingerprint density at radius 2 is 2.25 bits per heavy atom. The molecule has 5 nitrogen and oxygen atoms in total. The first-order valence-electron chi connectivity index (χ1n) is 6.42. The van der Waals surface area contributed by atoms with Crippen molar-refractivity contribution < 1.29 is 9.53 Å². The second-order valence-corrected chi connectivity index (χ2v) is 5.42. The number of hydrogen-bond acceptors (Lipinski definition) is 4. The highest BCUT2D eigenvalue weighted by molar-refractivity contribution is 9.10. The van der Waals surface area contributed by atoms with Crippen LogP contribution in [0.1, 0.15) is 20.3 Å². The van der Waals surface area contributed by atoms with Crippen molar-refractivity contribution in [3.63, 3.8) is 0 Å². The van der Waals surface area contributed by atoms with Crippen molar-refractivity contribution in [3.05, 3.63) is 29.0 Å². The first-order chi connectivity index (χ1) is 9.60. The van der Waals surface area contributed by atoms with Crippen LogP contribution in [0.4, 0.5) is 0 Å². The van der Waals surface area contributed by atoms with Gasteiger partial charge in [0.15, 0.2) is 6.61 Å². The molecule has 2 aromatic rings. The summed E-state index contributed by atoms with van der Waals surface area (Å²) >= 11 is 3.40. The van der Waals surface area contributed by atoms with Gasteiger partial charge in [-0.15, -0.1) is 0 Å². The van der Waals surface area contributed by atoms with Crippen LogP contribution >= 0.6 is 15.9 Å². The molecule has 0 radical (unpaired) electrons. The lowest BCUT2D eigenvalue weighted by molar-refractivity contribution is -0.123. The molecule has 0 spiro atoms. The molecule has 0 bridgehead atoms. The number of amides is 1. The number of aromatic nitrogens is 2. The molecule has 20 heavy (non-hydrogen) atoms. The monoisotopic (exact) mass is 337 g/mol. The van der Waals surface area contributed by atoms with Crippen LogP contribution in [0.15, 0.2) is 29.0 Å². The van der Waals surface area contributed by atoms with E-state index in [4.69, 9.17) is 4.74 Å². The molecule has 6 heteroatoms. The van der Waals surface area contributed by atoms with E-state index in [0.717, 1.165) is 21.8 Å². The van der Waals surface area contributed by atoms with Crippen molar-refractivity contribution >= 4 is 32.7 Å². The fourth-order valence-corrected chi connectivity index (χ4v) is 2.03. The van der Waals surface area contributed by atoms with Gasteiger partial charge in [-0.1, -0.05) is 22.9 Å². The van der Waals surface area contributed by atoms with Crippen LogP contribution in [0, 0.1) is 0 Å². The summed E-state index contributed by atoms with van der Waals surface area (Å²) in [5, 5.41) is 3.62. The number of halogens is 1. The number of rotatable bonds is 5. The molecule has 1 atom stereocenters. The topological polar surface area (TPSA) is 64.1 Å². The summed E-state index contributed by atoms with van der Waals surface area (Å²) in [7, 11) is 0. The van der Waals surface area contributed by atoms with Crippen LogP contribution in [0.3, 0.4) is 0 Å². The van der Waals surface area contributed by atoms with Crippen LogP contribution in [-0.4, -0.2) is 28.5 Å². The predicted molar refractivity (Wildman–Crippen MR) is 80.6 cm³/mol. The van der Waals surface area contributed by atoms with Crippen LogP contribution in [0.5, 0.6) is 5.88 Å². The number of nitrogens with zero attached hydrogens (tertiary/aromatic N) is 2. The minimum atomic E-state index is -0.152. The standard InChI is InChI=1S/C14H16BrN3O2/c1-3-9(2)18-13(19)7-20-14-11-6-10(15)4-5-12(11)16-8-17-14/h4-6,8-9H,3,7H2,1-2H3,(H,18,19)/t9-/m1/s1. The van der Waals surface area contributed by atoms with Gasteiger partial charge in [-0.25, -0.2) is 9.97 Å². The van der Waals surface area contributed by atoms with Crippen LogP contribution in [0.25, 0.3) is 10.9 Å². The predicted octanol–water partition coefficient (Wildman–Crippen LogP) is 2.69. The molecule has 2 rings (SSSR count). The van der Waals surface area contributed by atoms with Gasteiger partial charge in [-0.2, -0.15) is 0 Å². The molecule has 1 aromatic heterocycles. The molecule has 0 aliphatic carbocycles. The van der Waals surface area contributed by atoms with Gasteiger partial charge in [-0.05, 0) is 31.5 Å². The average Bonchev–Trinajstić information content (AvgIpc) is 2.44. The largest absolute Gasteiger partial charge is 0.467 e. The lowest BCUT2D eigenvalue weighted by atomic mass is 10.2. The maximum absolute atomic E-state index is 11.7.